The largest absolute Gasteiger partial charge is 0.289 e. The highest BCUT2D eigenvalue weighted by atomic mass is 19.3. The van der Waals surface area contributed by atoms with Crippen LogP contribution in [0.25, 0.3) is 0 Å². The first-order valence-corrected chi connectivity index (χ1v) is 5.57. The van der Waals surface area contributed by atoms with Crippen LogP contribution in [0.15, 0.2) is 30.7 Å². The number of pyridine rings is 1. The SMILES string of the molecule is CC(c1ccn(C(F)C(F)F)n1)c1ccncc1F. The second kappa shape index (κ2) is 5.38. The number of halogens is 4. The quantitative estimate of drug-likeness (QED) is 0.800. The van der Waals surface area contributed by atoms with Gasteiger partial charge in [-0.15, -0.1) is 0 Å². The van der Waals surface area contributed by atoms with Gasteiger partial charge in [-0.05, 0) is 17.7 Å². The van der Waals surface area contributed by atoms with Crippen LogP contribution in [0.4, 0.5) is 17.6 Å². The van der Waals surface area contributed by atoms with Crippen LogP contribution in [0, 0.1) is 5.82 Å². The van der Waals surface area contributed by atoms with Gasteiger partial charge in [-0.3, -0.25) is 4.98 Å². The number of nitrogens with zero attached hydrogens (tertiary/aromatic N) is 3. The van der Waals surface area contributed by atoms with Crippen LogP contribution in [0.1, 0.15) is 30.4 Å². The molecule has 0 saturated carbocycles. The molecule has 7 heteroatoms. The second-order valence-electron chi connectivity index (χ2n) is 4.05. The fourth-order valence-corrected chi connectivity index (χ4v) is 1.73. The Balaban J connectivity index is 2.26. The molecule has 0 aliphatic heterocycles. The molecule has 19 heavy (non-hydrogen) atoms. The Morgan fingerprint density at radius 2 is 1.95 bits per heavy atom. The lowest BCUT2D eigenvalue weighted by Crippen LogP contribution is -2.13. The molecule has 2 aromatic heterocycles. The molecular formula is C12H11F4N3. The molecule has 2 atom stereocenters. The summed E-state index contributed by atoms with van der Waals surface area (Å²) in [4.78, 5) is 3.62. The third-order valence-electron chi connectivity index (χ3n) is 2.80. The highest BCUT2D eigenvalue weighted by molar-refractivity contribution is 5.26. The minimum Gasteiger partial charge on any atom is -0.262 e. The Morgan fingerprint density at radius 1 is 1.21 bits per heavy atom. The van der Waals surface area contributed by atoms with Crippen molar-refractivity contribution in [2.24, 2.45) is 0 Å². The van der Waals surface area contributed by atoms with Gasteiger partial charge < -0.3 is 0 Å². The van der Waals surface area contributed by atoms with Gasteiger partial charge in [0.1, 0.15) is 5.82 Å². The van der Waals surface area contributed by atoms with E-state index >= 15 is 0 Å². The van der Waals surface area contributed by atoms with Crippen molar-refractivity contribution in [2.75, 3.05) is 0 Å². The van der Waals surface area contributed by atoms with Gasteiger partial charge in [-0.25, -0.2) is 22.2 Å². The normalized spacial score (nSPS) is 14.6. The predicted molar refractivity (Wildman–Crippen MR) is 60.1 cm³/mol. The van der Waals surface area contributed by atoms with Crippen LogP contribution in [0.5, 0.6) is 0 Å². The van der Waals surface area contributed by atoms with Crippen LogP contribution in [0.3, 0.4) is 0 Å². The van der Waals surface area contributed by atoms with E-state index in [1.165, 1.54) is 18.3 Å². The van der Waals surface area contributed by atoms with Crippen LogP contribution in [0.2, 0.25) is 0 Å². The zero-order valence-electron chi connectivity index (χ0n) is 9.97. The molecule has 0 fully saturated rings. The first-order chi connectivity index (χ1) is 9.00. The maximum atomic E-state index is 13.5. The molecule has 2 rings (SSSR count). The first kappa shape index (κ1) is 13.5. The van der Waals surface area contributed by atoms with E-state index in [-0.39, 0.29) is 0 Å². The molecule has 3 nitrogen and oxygen atoms in total. The van der Waals surface area contributed by atoms with E-state index in [9.17, 15) is 17.6 Å². The van der Waals surface area contributed by atoms with Crippen molar-refractivity contribution in [3.8, 4) is 0 Å². The molecule has 0 aliphatic rings. The van der Waals surface area contributed by atoms with E-state index in [4.69, 9.17) is 0 Å². The van der Waals surface area contributed by atoms with Crippen molar-refractivity contribution in [1.29, 1.82) is 0 Å². The third-order valence-corrected chi connectivity index (χ3v) is 2.80. The van der Waals surface area contributed by atoms with Gasteiger partial charge in [0.2, 0.25) is 0 Å². The molecule has 0 N–H and O–H groups in total. The third kappa shape index (κ3) is 2.74. The van der Waals surface area contributed by atoms with Gasteiger partial charge in [0.05, 0.1) is 11.9 Å². The number of aromatic nitrogens is 3. The van der Waals surface area contributed by atoms with Crippen LogP contribution < -0.4 is 0 Å². The lowest BCUT2D eigenvalue weighted by atomic mass is 9.99. The first-order valence-electron chi connectivity index (χ1n) is 5.57. The fourth-order valence-electron chi connectivity index (χ4n) is 1.73. The number of hydrogen-bond donors (Lipinski definition) is 0. The molecule has 2 heterocycles. The number of alkyl halides is 3. The summed E-state index contributed by atoms with van der Waals surface area (Å²) in [6.45, 7) is 1.65. The van der Waals surface area contributed by atoms with Crippen molar-refractivity contribution in [2.45, 2.75) is 25.6 Å². The van der Waals surface area contributed by atoms with Crippen molar-refractivity contribution >= 4 is 0 Å². The number of rotatable bonds is 4. The van der Waals surface area contributed by atoms with Gasteiger partial charge in [-0.1, -0.05) is 6.92 Å². The van der Waals surface area contributed by atoms with Crippen molar-refractivity contribution < 1.29 is 17.6 Å². The molecule has 0 saturated heterocycles. The van der Waals surface area contributed by atoms with Gasteiger partial charge in [-0.2, -0.15) is 5.10 Å². The maximum Gasteiger partial charge on any atom is 0.289 e. The van der Waals surface area contributed by atoms with E-state index in [0.29, 0.717) is 15.9 Å². The summed E-state index contributed by atoms with van der Waals surface area (Å²) in [6, 6.07) is 2.86. The van der Waals surface area contributed by atoms with Gasteiger partial charge in [0, 0.05) is 18.3 Å². The molecular weight excluding hydrogens is 262 g/mol. The van der Waals surface area contributed by atoms with E-state index in [1.807, 2.05) is 0 Å². The Labute approximate surface area is 106 Å². The van der Waals surface area contributed by atoms with E-state index in [0.717, 1.165) is 12.4 Å². The summed E-state index contributed by atoms with van der Waals surface area (Å²) in [5.74, 6) is -0.996. The van der Waals surface area contributed by atoms with Crippen molar-refractivity contribution in [3.05, 3.63) is 47.8 Å². The molecule has 0 amide bonds. The lowest BCUT2D eigenvalue weighted by molar-refractivity contribution is 0.000531. The van der Waals surface area contributed by atoms with Gasteiger partial charge in [0.15, 0.2) is 0 Å². The molecule has 0 aromatic carbocycles. The number of hydrogen-bond acceptors (Lipinski definition) is 2. The smallest absolute Gasteiger partial charge is 0.262 e. The van der Waals surface area contributed by atoms with E-state index < -0.39 is 24.5 Å². The highest BCUT2D eigenvalue weighted by Gasteiger charge is 2.23. The average molecular weight is 273 g/mol. The standard InChI is InChI=1S/C12H11F4N3/c1-7(8-2-4-17-6-9(8)13)10-3-5-19(18-10)12(16)11(14)15/h2-7,11-12H,1H3. The summed E-state index contributed by atoms with van der Waals surface area (Å²) in [6.07, 6.45) is -2.06. The van der Waals surface area contributed by atoms with Crippen LogP contribution >= 0.6 is 0 Å². The Hall–Kier alpha value is -1.92. The van der Waals surface area contributed by atoms with E-state index in [1.54, 1.807) is 6.92 Å². The Bertz CT molecular complexity index is 555. The molecule has 0 aliphatic carbocycles. The highest BCUT2D eigenvalue weighted by Crippen LogP contribution is 2.26. The minimum absolute atomic E-state index is 0.313. The summed E-state index contributed by atoms with van der Waals surface area (Å²) in [7, 11) is 0. The maximum absolute atomic E-state index is 13.5. The van der Waals surface area contributed by atoms with Gasteiger partial charge in [0.25, 0.3) is 12.7 Å². The zero-order chi connectivity index (χ0) is 14.0. The molecule has 2 aromatic rings. The second-order valence-corrected chi connectivity index (χ2v) is 4.05. The summed E-state index contributed by atoms with van der Waals surface area (Å²) in [5.41, 5.74) is 0.640. The molecule has 0 radical (unpaired) electrons. The fraction of sp³-hybridized carbons (Fsp3) is 0.333. The molecule has 2 unspecified atom stereocenters. The molecule has 0 bridgehead atoms. The Kier molecular flexibility index (Phi) is 3.82. The average Bonchev–Trinajstić information content (AvgIpc) is 2.87. The van der Waals surface area contributed by atoms with Gasteiger partial charge >= 0.3 is 0 Å². The van der Waals surface area contributed by atoms with E-state index in [2.05, 4.69) is 10.1 Å². The lowest BCUT2D eigenvalue weighted by Gasteiger charge is -2.10. The van der Waals surface area contributed by atoms with Crippen LogP contribution in [-0.2, 0) is 0 Å². The topological polar surface area (TPSA) is 30.7 Å². The summed E-state index contributed by atoms with van der Waals surface area (Å²) < 4.78 is 51.6. The zero-order valence-corrected chi connectivity index (χ0v) is 9.97. The van der Waals surface area contributed by atoms with Crippen molar-refractivity contribution in [3.63, 3.8) is 0 Å². The molecule has 102 valence electrons. The van der Waals surface area contributed by atoms with Crippen molar-refractivity contribution in [1.82, 2.24) is 14.8 Å². The molecule has 0 spiro atoms. The Morgan fingerprint density at radius 3 is 2.58 bits per heavy atom. The summed E-state index contributed by atoms with van der Waals surface area (Å²) >= 11 is 0. The van der Waals surface area contributed by atoms with Crippen LogP contribution in [-0.4, -0.2) is 21.2 Å². The summed E-state index contributed by atoms with van der Waals surface area (Å²) in [5, 5.41) is 3.72. The monoisotopic (exact) mass is 273 g/mol. The predicted octanol–water partition coefficient (Wildman–Crippen LogP) is 3.30. The minimum atomic E-state index is -3.15.